The average molecular weight is 395 g/mol. The van der Waals surface area contributed by atoms with E-state index >= 15 is 0 Å². The molecule has 0 unspecified atom stereocenters. The molecule has 2 aromatic heterocycles. The van der Waals surface area contributed by atoms with Crippen LogP contribution < -0.4 is 5.56 Å². The number of hydrogen-bond acceptors (Lipinski definition) is 4. The van der Waals surface area contributed by atoms with Gasteiger partial charge in [-0.3, -0.25) is 9.89 Å². The summed E-state index contributed by atoms with van der Waals surface area (Å²) in [4.78, 5) is 22.4. The summed E-state index contributed by atoms with van der Waals surface area (Å²) in [7, 11) is 0. The second kappa shape index (κ2) is 7.42. The molecule has 2 heterocycles. The minimum atomic E-state index is -0.194. The van der Waals surface area contributed by atoms with Gasteiger partial charge in [-0.1, -0.05) is 60.7 Å². The van der Waals surface area contributed by atoms with Crippen LogP contribution in [0.1, 0.15) is 11.3 Å². The number of nitrogens with zero attached hydrogens (tertiary/aromatic N) is 3. The van der Waals surface area contributed by atoms with Gasteiger partial charge in [0.05, 0.1) is 5.69 Å². The molecule has 0 saturated carbocycles. The Morgan fingerprint density at radius 3 is 2.74 bits per heavy atom. The lowest BCUT2D eigenvalue weighted by molar-refractivity contribution is 0.890. The minimum Gasteiger partial charge on any atom is -0.271 e. The molecular weight excluding hydrogens is 380 g/mol. The predicted octanol–water partition coefficient (Wildman–Crippen LogP) is 4.67. The van der Waals surface area contributed by atoms with Crippen LogP contribution >= 0.6 is 23.4 Å². The van der Waals surface area contributed by atoms with E-state index < -0.39 is 0 Å². The van der Waals surface area contributed by atoms with Crippen molar-refractivity contribution in [1.29, 1.82) is 0 Å². The van der Waals surface area contributed by atoms with E-state index in [9.17, 15) is 4.79 Å². The van der Waals surface area contributed by atoms with Gasteiger partial charge in [-0.2, -0.15) is 9.50 Å². The quantitative estimate of drug-likeness (QED) is 0.499. The van der Waals surface area contributed by atoms with E-state index in [0.29, 0.717) is 28.1 Å². The van der Waals surface area contributed by atoms with E-state index in [1.54, 1.807) is 17.8 Å². The summed E-state index contributed by atoms with van der Waals surface area (Å²) in [6.45, 7) is 3.81. The predicted molar refractivity (Wildman–Crippen MR) is 110 cm³/mol. The Hall–Kier alpha value is -2.83. The molecule has 5 nitrogen and oxygen atoms in total. The summed E-state index contributed by atoms with van der Waals surface area (Å²) >= 11 is 7.76. The zero-order valence-corrected chi connectivity index (χ0v) is 15.8. The Bertz CT molecular complexity index is 1180. The molecule has 4 rings (SSSR count). The summed E-state index contributed by atoms with van der Waals surface area (Å²) in [5.74, 6) is 1.49. The lowest BCUT2D eigenvalue weighted by Crippen LogP contribution is -2.15. The van der Waals surface area contributed by atoms with Crippen molar-refractivity contribution in [2.45, 2.75) is 10.6 Å². The molecule has 0 aliphatic rings. The Balaban J connectivity index is 1.65. The largest absolute Gasteiger partial charge is 0.274 e. The van der Waals surface area contributed by atoms with Gasteiger partial charge in [0.2, 0.25) is 0 Å². The van der Waals surface area contributed by atoms with E-state index in [1.807, 2.05) is 48.5 Å². The van der Waals surface area contributed by atoms with Crippen molar-refractivity contribution in [3.05, 3.63) is 87.8 Å². The van der Waals surface area contributed by atoms with E-state index in [4.69, 9.17) is 11.6 Å². The van der Waals surface area contributed by atoms with Crippen LogP contribution in [0, 0.1) is 0 Å². The number of nitrogens with one attached hydrogen (secondary N) is 1. The van der Waals surface area contributed by atoms with Crippen LogP contribution in [-0.4, -0.2) is 19.6 Å². The molecule has 0 bridgehead atoms. The number of halogens is 1. The number of fused-ring (bicyclic) bond motifs is 1. The van der Waals surface area contributed by atoms with E-state index in [0.717, 1.165) is 16.0 Å². The molecule has 1 N–H and O–H groups in total. The van der Waals surface area contributed by atoms with Crippen LogP contribution in [0.2, 0.25) is 5.02 Å². The SMILES string of the molecule is C=Cc1c(Cl)cccc1SCc1cc(=O)n2[nH]c(-c3ccccc3)nc2n1. The van der Waals surface area contributed by atoms with Crippen LogP contribution in [0.4, 0.5) is 0 Å². The average Bonchev–Trinajstić information content (AvgIpc) is 3.12. The highest BCUT2D eigenvalue weighted by molar-refractivity contribution is 7.98. The summed E-state index contributed by atoms with van der Waals surface area (Å²) in [5.41, 5.74) is 2.24. The fourth-order valence-electron chi connectivity index (χ4n) is 2.72. The van der Waals surface area contributed by atoms with Crippen molar-refractivity contribution < 1.29 is 0 Å². The van der Waals surface area contributed by atoms with Gasteiger partial charge in [-0.25, -0.2) is 4.98 Å². The van der Waals surface area contributed by atoms with Gasteiger partial charge in [0, 0.05) is 32.9 Å². The topological polar surface area (TPSA) is 63.0 Å². The summed E-state index contributed by atoms with van der Waals surface area (Å²) in [6.07, 6.45) is 1.73. The molecular formula is C20H15ClN4OS. The first-order valence-electron chi connectivity index (χ1n) is 8.23. The van der Waals surface area contributed by atoms with Gasteiger partial charge >= 0.3 is 0 Å². The fraction of sp³-hybridized carbons (Fsp3) is 0.0500. The highest BCUT2D eigenvalue weighted by atomic mass is 35.5. The van der Waals surface area contributed by atoms with E-state index in [1.165, 1.54) is 10.6 Å². The molecule has 0 aliphatic heterocycles. The molecule has 0 saturated heterocycles. The second-order valence-corrected chi connectivity index (χ2v) is 7.23. The smallest absolute Gasteiger partial charge is 0.271 e. The van der Waals surface area contributed by atoms with E-state index in [-0.39, 0.29) is 5.56 Å². The lowest BCUT2D eigenvalue weighted by atomic mass is 10.2. The Kier molecular flexibility index (Phi) is 4.83. The van der Waals surface area contributed by atoms with Crippen molar-refractivity contribution in [2.75, 3.05) is 0 Å². The maximum Gasteiger partial charge on any atom is 0.274 e. The molecule has 4 aromatic rings. The highest BCUT2D eigenvalue weighted by Gasteiger charge is 2.11. The van der Waals surface area contributed by atoms with Gasteiger partial charge in [0.15, 0.2) is 5.82 Å². The standard InChI is InChI=1S/C20H15ClN4OS/c1-2-15-16(21)9-6-10-17(15)27-12-14-11-18(26)25-20(22-14)23-19(24-25)13-7-4-3-5-8-13/h2-11H,1,12H2,(H,22,23,24). The van der Waals surface area contributed by atoms with Crippen LogP contribution in [0.25, 0.3) is 23.2 Å². The van der Waals surface area contributed by atoms with Crippen LogP contribution in [0.5, 0.6) is 0 Å². The van der Waals surface area contributed by atoms with Gasteiger partial charge < -0.3 is 0 Å². The third-order valence-corrected chi connectivity index (χ3v) is 5.46. The monoisotopic (exact) mass is 394 g/mol. The molecule has 7 heteroatoms. The molecule has 0 radical (unpaired) electrons. The number of rotatable bonds is 5. The van der Waals surface area contributed by atoms with Crippen molar-refractivity contribution in [3.63, 3.8) is 0 Å². The first kappa shape index (κ1) is 17.6. The zero-order valence-electron chi connectivity index (χ0n) is 14.2. The van der Waals surface area contributed by atoms with Crippen molar-refractivity contribution >= 4 is 35.2 Å². The Morgan fingerprint density at radius 2 is 1.96 bits per heavy atom. The summed E-state index contributed by atoms with van der Waals surface area (Å²) in [5, 5.41) is 3.65. The number of hydrogen-bond donors (Lipinski definition) is 1. The molecule has 0 fully saturated rings. The molecule has 0 spiro atoms. The molecule has 27 heavy (non-hydrogen) atoms. The Labute approximate surface area is 164 Å². The van der Waals surface area contributed by atoms with Crippen molar-refractivity contribution in [3.8, 4) is 11.4 Å². The first-order chi connectivity index (χ1) is 13.2. The van der Waals surface area contributed by atoms with Gasteiger partial charge in [-0.05, 0) is 12.1 Å². The number of thioether (sulfide) groups is 1. The van der Waals surface area contributed by atoms with Crippen molar-refractivity contribution in [2.24, 2.45) is 0 Å². The lowest BCUT2D eigenvalue weighted by Gasteiger charge is -2.07. The van der Waals surface area contributed by atoms with Gasteiger partial charge in [0.25, 0.3) is 11.3 Å². The van der Waals surface area contributed by atoms with Crippen LogP contribution in [0.15, 0.2) is 70.9 Å². The van der Waals surface area contributed by atoms with E-state index in [2.05, 4.69) is 21.6 Å². The molecule has 0 atom stereocenters. The highest BCUT2D eigenvalue weighted by Crippen LogP contribution is 2.31. The number of aromatic nitrogens is 4. The molecule has 0 amide bonds. The maximum absolute atomic E-state index is 12.4. The normalized spacial score (nSPS) is 11.0. The third-order valence-electron chi connectivity index (χ3n) is 4.02. The van der Waals surface area contributed by atoms with Crippen LogP contribution in [-0.2, 0) is 5.75 Å². The zero-order chi connectivity index (χ0) is 18.8. The number of H-pyrrole nitrogens is 1. The fourth-order valence-corrected chi connectivity index (χ4v) is 4.00. The third kappa shape index (κ3) is 3.54. The maximum atomic E-state index is 12.4. The molecule has 0 aliphatic carbocycles. The second-order valence-electron chi connectivity index (χ2n) is 5.80. The summed E-state index contributed by atoms with van der Waals surface area (Å²) < 4.78 is 1.35. The van der Waals surface area contributed by atoms with Crippen LogP contribution in [0.3, 0.4) is 0 Å². The molecule has 2 aromatic carbocycles. The summed E-state index contributed by atoms with van der Waals surface area (Å²) in [6, 6.07) is 16.8. The Morgan fingerprint density at radius 1 is 1.15 bits per heavy atom. The number of benzene rings is 2. The van der Waals surface area contributed by atoms with Gasteiger partial charge in [-0.15, -0.1) is 11.8 Å². The van der Waals surface area contributed by atoms with Gasteiger partial charge in [0.1, 0.15) is 0 Å². The minimum absolute atomic E-state index is 0.194. The molecule has 134 valence electrons. The first-order valence-corrected chi connectivity index (χ1v) is 9.60. The number of aromatic amines is 1. The van der Waals surface area contributed by atoms with Crippen molar-refractivity contribution in [1.82, 2.24) is 19.6 Å².